The number of ether oxygens (including phenoxy) is 2. The molecule has 0 aromatic carbocycles. The van der Waals surface area contributed by atoms with E-state index in [-0.39, 0.29) is 42.0 Å². The number of aromatic nitrogens is 1. The van der Waals surface area contributed by atoms with Crippen molar-refractivity contribution in [1.29, 1.82) is 0 Å². The number of alkyl halides is 2. The molecule has 1 saturated heterocycles. The second-order valence-corrected chi connectivity index (χ2v) is 11.5. The quantitative estimate of drug-likeness (QED) is 0.468. The molecule has 4 aliphatic carbocycles. The third-order valence-corrected chi connectivity index (χ3v) is 8.69. The normalized spacial score (nSPS) is 32.5. The highest BCUT2D eigenvalue weighted by molar-refractivity contribution is 5.97. The van der Waals surface area contributed by atoms with Crippen molar-refractivity contribution in [2.45, 2.75) is 83.0 Å². The van der Waals surface area contributed by atoms with Crippen molar-refractivity contribution >= 4 is 17.7 Å². The zero-order chi connectivity index (χ0) is 26.2. The number of anilines is 1. The minimum Gasteiger partial charge on any atom is -0.481 e. The number of nitrogens with one attached hydrogen (secondary N) is 1. The van der Waals surface area contributed by atoms with E-state index in [1.54, 1.807) is 12.1 Å². The summed E-state index contributed by atoms with van der Waals surface area (Å²) in [5.41, 5.74) is -0.388. The molecule has 1 aromatic rings. The molecule has 4 unspecified atom stereocenters. The zero-order valence-corrected chi connectivity index (χ0v) is 21.3. The van der Waals surface area contributed by atoms with E-state index in [4.69, 9.17) is 9.47 Å². The van der Waals surface area contributed by atoms with Crippen LogP contribution in [-0.2, 0) is 9.53 Å². The van der Waals surface area contributed by atoms with Gasteiger partial charge >= 0.3 is 12.6 Å². The molecule has 5 fully saturated rings. The van der Waals surface area contributed by atoms with E-state index < -0.39 is 18.2 Å². The summed E-state index contributed by atoms with van der Waals surface area (Å²) in [4.78, 5) is 31.4. The van der Waals surface area contributed by atoms with Gasteiger partial charge in [0.15, 0.2) is 0 Å². The fourth-order valence-electron chi connectivity index (χ4n) is 7.52. The fourth-order valence-corrected chi connectivity index (χ4v) is 7.52. The van der Waals surface area contributed by atoms with E-state index in [1.165, 1.54) is 0 Å². The molecule has 6 rings (SSSR count). The first kappa shape index (κ1) is 26.1. The molecule has 8 nitrogen and oxygen atoms in total. The lowest BCUT2D eigenvalue weighted by molar-refractivity contribution is -0.260. The Morgan fingerprint density at radius 1 is 1.24 bits per heavy atom. The molecule has 204 valence electrons. The predicted octanol–water partition coefficient (Wildman–Crippen LogP) is 4.48. The number of halogens is 2. The summed E-state index contributed by atoms with van der Waals surface area (Å²) in [6.07, 6.45) is 6.30. The fraction of sp³-hybridized carbons (Fsp3) is 0.741. The summed E-state index contributed by atoms with van der Waals surface area (Å²) in [5.74, 6) is 0.594. The average molecular weight is 522 g/mol. The molecule has 0 spiro atoms. The van der Waals surface area contributed by atoms with E-state index >= 15 is 0 Å². The summed E-state index contributed by atoms with van der Waals surface area (Å²) in [6.45, 7) is 1.01. The molecule has 2 heterocycles. The first-order valence-corrected chi connectivity index (χ1v) is 13.6. The number of hydrogen-bond acceptors (Lipinski definition) is 6. The Morgan fingerprint density at radius 3 is 2.68 bits per heavy atom. The number of hydrogen-bond donors (Lipinski definition) is 2. The molecule has 2 N–H and O–H groups in total. The Bertz CT molecular complexity index is 988. The van der Waals surface area contributed by atoms with Crippen molar-refractivity contribution in [1.82, 2.24) is 10.3 Å². The minimum absolute atomic E-state index is 0.0605. The molecule has 37 heavy (non-hydrogen) atoms. The number of aliphatic carboxylic acids is 1. The molecule has 5 aliphatic rings. The lowest BCUT2D eigenvalue weighted by atomic mass is 9.52. The van der Waals surface area contributed by atoms with Gasteiger partial charge < -0.3 is 24.8 Å². The van der Waals surface area contributed by atoms with Crippen LogP contribution in [0.1, 0.15) is 75.1 Å². The number of pyridine rings is 1. The van der Waals surface area contributed by atoms with Crippen molar-refractivity contribution in [3.63, 3.8) is 0 Å². The second-order valence-electron chi connectivity index (χ2n) is 11.5. The number of piperidine rings is 1. The molecule has 1 amide bonds. The Labute approximate surface area is 216 Å². The van der Waals surface area contributed by atoms with Crippen LogP contribution in [0.4, 0.5) is 14.6 Å². The van der Waals surface area contributed by atoms with Gasteiger partial charge in [0.25, 0.3) is 5.91 Å². The topological polar surface area (TPSA) is 101 Å². The smallest absolute Gasteiger partial charge is 0.345 e. The van der Waals surface area contributed by atoms with Crippen LogP contribution in [0.3, 0.4) is 0 Å². The highest BCUT2D eigenvalue weighted by Crippen LogP contribution is 2.57. The van der Waals surface area contributed by atoms with Crippen molar-refractivity contribution in [3.8, 4) is 5.88 Å². The van der Waals surface area contributed by atoms with Crippen LogP contribution in [0.5, 0.6) is 5.88 Å². The van der Waals surface area contributed by atoms with E-state index in [0.717, 1.165) is 38.6 Å². The van der Waals surface area contributed by atoms with Gasteiger partial charge in [-0.2, -0.15) is 13.8 Å². The maximum Gasteiger partial charge on any atom is 0.345 e. The van der Waals surface area contributed by atoms with Crippen molar-refractivity contribution in [2.24, 2.45) is 23.7 Å². The molecular weight excluding hydrogens is 484 g/mol. The van der Waals surface area contributed by atoms with Crippen LogP contribution in [0.2, 0.25) is 0 Å². The molecule has 0 radical (unpaired) electrons. The minimum atomic E-state index is -2.77. The van der Waals surface area contributed by atoms with Crippen molar-refractivity contribution < 1.29 is 33.0 Å². The monoisotopic (exact) mass is 521 g/mol. The van der Waals surface area contributed by atoms with Gasteiger partial charge in [0.2, 0.25) is 5.88 Å². The van der Waals surface area contributed by atoms with Gasteiger partial charge in [-0.25, -0.2) is 0 Å². The molecule has 4 saturated carbocycles. The van der Waals surface area contributed by atoms with E-state index in [2.05, 4.69) is 15.2 Å². The molecular formula is C27H37F2N3O5. The standard InChI is InChI=1S/C27H37F2N3O5/c1-2-8-36-25-20(5-6-21(30-25)32-7-3-4-16(15-32)11-22(33)34)24(35)31-23-18-9-17-10-19(23)14-27(12-17,13-18)37-26(28)29/h5-6,16-19,23,26H,2-4,7-15H2,1H3,(H,31,35)(H,33,34)/t16-,17?,18-,19?,23?,27?/m0/s1. The van der Waals surface area contributed by atoms with Crippen LogP contribution in [0, 0.1) is 23.7 Å². The summed E-state index contributed by atoms with van der Waals surface area (Å²) >= 11 is 0. The summed E-state index contributed by atoms with van der Waals surface area (Å²) in [6, 6.07) is 3.47. The number of carboxylic acids is 1. The van der Waals surface area contributed by atoms with Crippen LogP contribution < -0.4 is 15.0 Å². The van der Waals surface area contributed by atoms with Gasteiger partial charge in [-0.15, -0.1) is 0 Å². The van der Waals surface area contributed by atoms with Crippen LogP contribution in [0.25, 0.3) is 0 Å². The average Bonchev–Trinajstić information content (AvgIpc) is 2.83. The largest absolute Gasteiger partial charge is 0.481 e. The molecule has 10 heteroatoms. The van der Waals surface area contributed by atoms with Crippen LogP contribution in [0.15, 0.2) is 12.1 Å². The molecule has 1 aromatic heterocycles. The maximum absolute atomic E-state index is 13.5. The first-order valence-electron chi connectivity index (χ1n) is 13.6. The van der Waals surface area contributed by atoms with Crippen molar-refractivity contribution in [2.75, 3.05) is 24.6 Å². The molecule has 6 atom stereocenters. The number of amides is 1. The van der Waals surface area contributed by atoms with Gasteiger partial charge in [0.05, 0.1) is 12.2 Å². The zero-order valence-electron chi connectivity index (χ0n) is 21.3. The summed E-state index contributed by atoms with van der Waals surface area (Å²) in [7, 11) is 0. The van der Waals surface area contributed by atoms with Gasteiger partial charge in [0.1, 0.15) is 11.4 Å². The van der Waals surface area contributed by atoms with Gasteiger partial charge in [0, 0.05) is 25.6 Å². The number of carbonyl (C=O) groups is 2. The van der Waals surface area contributed by atoms with Gasteiger partial charge in [-0.05, 0) is 87.2 Å². The third kappa shape index (κ3) is 5.68. The third-order valence-electron chi connectivity index (χ3n) is 8.69. The number of carboxylic acid groups (broad SMARTS) is 1. The Kier molecular flexibility index (Phi) is 7.56. The van der Waals surface area contributed by atoms with Gasteiger partial charge in [-0.1, -0.05) is 6.92 Å². The van der Waals surface area contributed by atoms with E-state index in [0.29, 0.717) is 49.7 Å². The molecule has 4 bridgehead atoms. The number of nitrogens with zero attached hydrogens (tertiary/aromatic N) is 2. The van der Waals surface area contributed by atoms with Crippen LogP contribution >= 0.6 is 0 Å². The maximum atomic E-state index is 13.5. The Balaban J connectivity index is 1.31. The Morgan fingerprint density at radius 2 is 2.00 bits per heavy atom. The lowest BCUT2D eigenvalue weighted by Crippen LogP contribution is -2.62. The highest BCUT2D eigenvalue weighted by Gasteiger charge is 2.57. The second kappa shape index (κ2) is 10.7. The lowest BCUT2D eigenvalue weighted by Gasteiger charge is -2.59. The first-order chi connectivity index (χ1) is 17.7. The van der Waals surface area contributed by atoms with Crippen molar-refractivity contribution in [3.05, 3.63) is 17.7 Å². The summed E-state index contributed by atoms with van der Waals surface area (Å²) < 4.78 is 37.3. The van der Waals surface area contributed by atoms with E-state index in [1.807, 2.05) is 6.92 Å². The SMILES string of the molecule is CCCOc1nc(N2CCC[C@@H](CC(=O)O)C2)ccc1C(=O)NC1C2CC3C[C@H]1CC(OC(F)F)(C3)C2. The number of carbonyl (C=O) groups excluding carboxylic acids is 1. The predicted molar refractivity (Wildman–Crippen MR) is 132 cm³/mol. The molecule has 1 aliphatic heterocycles. The van der Waals surface area contributed by atoms with E-state index in [9.17, 15) is 23.5 Å². The highest BCUT2D eigenvalue weighted by atomic mass is 19.3. The summed E-state index contributed by atoms with van der Waals surface area (Å²) in [5, 5.41) is 12.4. The van der Waals surface area contributed by atoms with Crippen LogP contribution in [-0.4, -0.2) is 59.9 Å². The van der Waals surface area contributed by atoms with Gasteiger partial charge in [-0.3, -0.25) is 9.59 Å². The number of rotatable bonds is 10. The Hall–Kier alpha value is -2.49.